The fourth-order valence-corrected chi connectivity index (χ4v) is 3.29. The maximum atomic E-state index is 14.5. The molecule has 0 saturated carbocycles. The van der Waals surface area contributed by atoms with E-state index in [1.807, 2.05) is 24.3 Å². The molecule has 1 fully saturated rings. The van der Waals surface area contributed by atoms with Gasteiger partial charge >= 0.3 is 0 Å². The van der Waals surface area contributed by atoms with Crippen LogP contribution < -0.4 is 10.1 Å². The lowest BCUT2D eigenvalue weighted by Crippen LogP contribution is -2.51. The molecule has 1 heterocycles. The van der Waals surface area contributed by atoms with Gasteiger partial charge in [-0.2, -0.15) is 0 Å². The first-order valence-corrected chi connectivity index (χ1v) is 8.06. The lowest BCUT2D eigenvalue weighted by Gasteiger charge is -2.38. The molecule has 2 aromatic carbocycles. The summed E-state index contributed by atoms with van der Waals surface area (Å²) < 4.78 is 34.1. The second-order valence-electron chi connectivity index (χ2n) is 6.08. The number of ether oxygens (including phenoxy) is 1. The molecule has 0 aromatic heterocycles. The van der Waals surface area contributed by atoms with Gasteiger partial charge < -0.3 is 15.2 Å². The van der Waals surface area contributed by atoms with Gasteiger partial charge in [0.15, 0.2) is 0 Å². The molecular weight excluding hydrogens is 314 g/mol. The van der Waals surface area contributed by atoms with Crippen LogP contribution in [0, 0.1) is 0 Å². The molecule has 130 valence electrons. The summed E-state index contributed by atoms with van der Waals surface area (Å²) in [6.07, 6.45) is 0. The highest BCUT2D eigenvalue weighted by Crippen LogP contribution is 2.37. The number of piperazine rings is 1. The van der Waals surface area contributed by atoms with Crippen LogP contribution in [0.3, 0.4) is 0 Å². The second-order valence-corrected chi connectivity index (χ2v) is 6.08. The van der Waals surface area contributed by atoms with Gasteiger partial charge in [-0.25, -0.2) is 8.78 Å². The zero-order chi connectivity index (χ0) is 17.2. The summed E-state index contributed by atoms with van der Waals surface area (Å²) in [6, 6.07) is 9.76. The summed E-state index contributed by atoms with van der Waals surface area (Å²) in [5.74, 6) is -2.47. The number of alkyl halides is 2. The number of fused-ring (bicyclic) bond motifs is 1. The number of benzene rings is 2. The van der Waals surface area contributed by atoms with Gasteiger partial charge in [0.05, 0.1) is 7.11 Å². The fraction of sp³-hybridized carbons (Fsp3) is 0.444. The first-order chi connectivity index (χ1) is 11.5. The van der Waals surface area contributed by atoms with Gasteiger partial charge in [-0.1, -0.05) is 18.2 Å². The van der Waals surface area contributed by atoms with Crippen molar-refractivity contribution in [2.75, 3.05) is 39.9 Å². The number of hydrogen-bond donors (Lipinski definition) is 2. The Labute approximate surface area is 140 Å². The molecule has 24 heavy (non-hydrogen) atoms. The number of methoxy groups -OCH3 is 1. The number of halogens is 2. The monoisotopic (exact) mass is 336 g/mol. The third-order valence-electron chi connectivity index (χ3n) is 4.51. The Kier molecular flexibility index (Phi) is 4.99. The predicted molar refractivity (Wildman–Crippen MR) is 89.7 cm³/mol. The predicted octanol–water partition coefficient (Wildman–Crippen LogP) is 2.42. The summed E-state index contributed by atoms with van der Waals surface area (Å²) in [5, 5.41) is 14.2. The van der Waals surface area contributed by atoms with Crippen molar-refractivity contribution in [2.24, 2.45) is 0 Å². The van der Waals surface area contributed by atoms with Crippen molar-refractivity contribution in [3.05, 3.63) is 42.0 Å². The fourth-order valence-electron chi connectivity index (χ4n) is 3.29. The molecule has 0 radical (unpaired) electrons. The van der Waals surface area contributed by atoms with Crippen molar-refractivity contribution in [3.8, 4) is 5.75 Å². The van der Waals surface area contributed by atoms with E-state index in [-0.39, 0.29) is 0 Å². The Balaban J connectivity index is 2.01. The Hall–Kier alpha value is -1.76. The molecule has 0 amide bonds. The number of nitrogens with zero attached hydrogens (tertiary/aromatic N) is 1. The van der Waals surface area contributed by atoms with Gasteiger partial charge in [-0.05, 0) is 34.5 Å². The first kappa shape index (κ1) is 17.1. The van der Waals surface area contributed by atoms with E-state index in [9.17, 15) is 13.9 Å². The minimum Gasteiger partial charge on any atom is -0.497 e. The summed E-state index contributed by atoms with van der Waals surface area (Å²) in [7, 11) is 1.59. The van der Waals surface area contributed by atoms with Crippen molar-refractivity contribution in [2.45, 2.75) is 12.0 Å². The van der Waals surface area contributed by atoms with E-state index < -0.39 is 18.6 Å². The zero-order valence-corrected chi connectivity index (χ0v) is 13.6. The smallest absolute Gasteiger partial charge is 0.289 e. The number of nitrogens with one attached hydrogen (secondary N) is 1. The number of aliphatic hydroxyl groups is 1. The van der Waals surface area contributed by atoms with Crippen LogP contribution in [0.25, 0.3) is 10.8 Å². The molecule has 0 bridgehead atoms. The Morgan fingerprint density at radius 1 is 1.17 bits per heavy atom. The number of aliphatic hydroxyl groups excluding tert-OH is 1. The molecule has 6 heteroatoms. The maximum absolute atomic E-state index is 14.5. The summed E-state index contributed by atoms with van der Waals surface area (Å²) in [5.41, 5.74) is 0.522. The van der Waals surface area contributed by atoms with E-state index in [1.165, 1.54) is 0 Å². The molecule has 0 unspecified atom stereocenters. The van der Waals surface area contributed by atoms with Gasteiger partial charge in [-0.15, -0.1) is 0 Å². The van der Waals surface area contributed by atoms with Crippen LogP contribution in [0.15, 0.2) is 36.4 Å². The van der Waals surface area contributed by atoms with E-state index in [0.29, 0.717) is 31.7 Å². The Morgan fingerprint density at radius 3 is 2.50 bits per heavy atom. The van der Waals surface area contributed by atoms with Crippen LogP contribution >= 0.6 is 0 Å². The average Bonchev–Trinajstić information content (AvgIpc) is 2.62. The summed E-state index contributed by atoms with van der Waals surface area (Å²) in [6.45, 7) is 1.23. The van der Waals surface area contributed by atoms with Crippen LogP contribution in [-0.4, -0.2) is 55.8 Å². The Morgan fingerprint density at radius 2 is 1.83 bits per heavy atom. The van der Waals surface area contributed by atoms with E-state index in [4.69, 9.17) is 4.74 Å². The molecule has 2 N–H and O–H groups in total. The van der Waals surface area contributed by atoms with Crippen molar-refractivity contribution in [1.29, 1.82) is 0 Å². The van der Waals surface area contributed by atoms with Gasteiger partial charge in [0, 0.05) is 26.2 Å². The summed E-state index contributed by atoms with van der Waals surface area (Å²) >= 11 is 0. The maximum Gasteiger partial charge on any atom is 0.289 e. The van der Waals surface area contributed by atoms with E-state index in [0.717, 1.165) is 16.5 Å². The molecule has 1 aliphatic heterocycles. The van der Waals surface area contributed by atoms with Crippen molar-refractivity contribution >= 4 is 10.8 Å². The van der Waals surface area contributed by atoms with Crippen LogP contribution in [-0.2, 0) is 0 Å². The first-order valence-electron chi connectivity index (χ1n) is 8.06. The van der Waals surface area contributed by atoms with Gasteiger partial charge in [-0.3, -0.25) is 4.90 Å². The zero-order valence-electron chi connectivity index (χ0n) is 13.6. The molecule has 0 spiro atoms. The lowest BCUT2D eigenvalue weighted by atomic mass is 9.95. The number of rotatable bonds is 5. The molecular formula is C18H22F2N2O2. The number of hydrogen-bond acceptors (Lipinski definition) is 4. The highest BCUT2D eigenvalue weighted by Gasteiger charge is 2.44. The Bertz CT molecular complexity index is 702. The van der Waals surface area contributed by atoms with Crippen LogP contribution in [0.2, 0.25) is 0 Å². The van der Waals surface area contributed by atoms with Crippen molar-refractivity contribution in [3.63, 3.8) is 0 Å². The second kappa shape index (κ2) is 7.01. The molecule has 3 rings (SSSR count). The van der Waals surface area contributed by atoms with Crippen LogP contribution in [0.1, 0.15) is 11.6 Å². The van der Waals surface area contributed by atoms with Crippen molar-refractivity contribution < 1.29 is 18.6 Å². The van der Waals surface area contributed by atoms with E-state index >= 15 is 0 Å². The lowest BCUT2D eigenvalue weighted by molar-refractivity contribution is -0.118. The summed E-state index contributed by atoms with van der Waals surface area (Å²) in [4.78, 5) is 1.75. The highest BCUT2D eigenvalue weighted by atomic mass is 19.3. The molecule has 4 nitrogen and oxygen atoms in total. The molecule has 0 aliphatic carbocycles. The van der Waals surface area contributed by atoms with E-state index in [1.54, 1.807) is 24.1 Å². The molecule has 1 saturated heterocycles. The molecule has 1 atom stereocenters. The normalized spacial score (nSPS) is 17.8. The van der Waals surface area contributed by atoms with Gasteiger partial charge in [0.2, 0.25) is 0 Å². The van der Waals surface area contributed by atoms with Crippen LogP contribution in [0.5, 0.6) is 5.75 Å². The largest absolute Gasteiger partial charge is 0.497 e. The van der Waals surface area contributed by atoms with Gasteiger partial charge in [0.25, 0.3) is 5.92 Å². The highest BCUT2D eigenvalue weighted by molar-refractivity contribution is 5.84. The quantitative estimate of drug-likeness (QED) is 0.880. The topological polar surface area (TPSA) is 44.7 Å². The minimum atomic E-state index is -3.20. The molecule has 1 aliphatic rings. The average molecular weight is 336 g/mol. The minimum absolute atomic E-state index is 0.522. The van der Waals surface area contributed by atoms with Gasteiger partial charge in [0.1, 0.15) is 18.4 Å². The van der Waals surface area contributed by atoms with E-state index in [2.05, 4.69) is 5.32 Å². The third kappa shape index (κ3) is 3.36. The SMILES string of the molecule is COc1ccc2cc([C@H](N3CCNCC3)C(F)(F)CO)ccc2c1. The van der Waals surface area contributed by atoms with Crippen LogP contribution in [0.4, 0.5) is 8.78 Å². The standard InChI is InChI=1S/C18H22F2N2O2/c1-24-16-5-4-13-10-15(3-2-14(13)11-16)17(18(19,20)12-23)22-8-6-21-7-9-22/h2-5,10-11,17,21,23H,6-9,12H2,1H3/t17-/m0/s1. The third-order valence-corrected chi connectivity index (χ3v) is 4.51. The van der Waals surface area contributed by atoms with Crippen molar-refractivity contribution in [1.82, 2.24) is 10.2 Å². The molecule has 2 aromatic rings.